The van der Waals surface area contributed by atoms with Gasteiger partial charge in [-0.15, -0.1) is 11.3 Å². The Balaban J connectivity index is 1.79. The van der Waals surface area contributed by atoms with Crippen LogP contribution in [0.3, 0.4) is 0 Å². The molecule has 5 heteroatoms. The maximum absolute atomic E-state index is 12.9. The van der Waals surface area contributed by atoms with Crippen molar-refractivity contribution in [2.45, 2.75) is 20.0 Å². The smallest absolute Gasteiger partial charge is 0.268 e. The van der Waals surface area contributed by atoms with E-state index in [1.807, 2.05) is 41.2 Å². The van der Waals surface area contributed by atoms with E-state index in [4.69, 9.17) is 0 Å². The number of rotatable bonds is 5. The molecule has 23 heavy (non-hydrogen) atoms. The van der Waals surface area contributed by atoms with Crippen molar-refractivity contribution in [3.63, 3.8) is 0 Å². The first kappa shape index (κ1) is 15.5. The number of nitrogens with one attached hydrogen (secondary N) is 1. The number of thiophene rings is 1. The van der Waals surface area contributed by atoms with Crippen molar-refractivity contribution in [3.8, 4) is 0 Å². The summed E-state index contributed by atoms with van der Waals surface area (Å²) < 4.78 is 16.0. The Bertz CT molecular complexity index is 846. The lowest BCUT2D eigenvalue weighted by Crippen LogP contribution is -2.25. The van der Waals surface area contributed by atoms with Crippen molar-refractivity contribution < 1.29 is 9.18 Å². The molecule has 0 saturated carbocycles. The average Bonchev–Trinajstić information content (AvgIpc) is 3.13. The van der Waals surface area contributed by atoms with E-state index >= 15 is 0 Å². The molecule has 1 aromatic carbocycles. The topological polar surface area (TPSA) is 34.0 Å². The van der Waals surface area contributed by atoms with Crippen molar-refractivity contribution in [1.29, 1.82) is 0 Å². The van der Waals surface area contributed by atoms with Gasteiger partial charge in [-0.05, 0) is 42.1 Å². The summed E-state index contributed by atoms with van der Waals surface area (Å²) in [6, 6.07) is 10.1. The number of nitrogens with zero attached hydrogens (tertiary/aromatic N) is 1. The minimum atomic E-state index is -0.277. The standard InChI is InChI=1S/C18H17FN2OS/c1-2-3-9-21-15-8-10-23-17(15)11-16(21)18(22)20-12-13-4-6-14(19)7-5-13/h2-8,10-11H,9,12H2,1H3,(H,20,22)/b3-2+. The number of benzene rings is 1. The quantitative estimate of drug-likeness (QED) is 0.694. The number of fused-ring (bicyclic) bond motifs is 1. The largest absolute Gasteiger partial charge is 0.347 e. The Morgan fingerprint density at radius 2 is 2.09 bits per heavy atom. The van der Waals surface area contributed by atoms with Crippen LogP contribution in [0, 0.1) is 5.82 Å². The molecule has 3 rings (SSSR count). The normalized spacial score (nSPS) is 11.4. The van der Waals surface area contributed by atoms with Crippen LogP contribution in [0.5, 0.6) is 0 Å². The third-order valence-electron chi connectivity index (χ3n) is 3.65. The summed E-state index contributed by atoms with van der Waals surface area (Å²) in [5, 5.41) is 4.93. The zero-order valence-electron chi connectivity index (χ0n) is 12.8. The third-order valence-corrected chi connectivity index (χ3v) is 4.50. The molecular formula is C18H17FN2OS. The highest BCUT2D eigenvalue weighted by Gasteiger charge is 2.15. The van der Waals surface area contributed by atoms with Crippen LogP contribution in [0.4, 0.5) is 4.39 Å². The molecule has 0 saturated heterocycles. The molecule has 0 unspecified atom stereocenters. The van der Waals surface area contributed by atoms with Crippen molar-refractivity contribution in [1.82, 2.24) is 9.88 Å². The molecule has 0 aliphatic carbocycles. The van der Waals surface area contributed by atoms with Gasteiger partial charge in [0.15, 0.2) is 0 Å². The lowest BCUT2D eigenvalue weighted by Gasteiger charge is -2.09. The molecule has 2 heterocycles. The van der Waals surface area contributed by atoms with Crippen molar-refractivity contribution in [3.05, 3.63) is 71.0 Å². The molecule has 1 N–H and O–H groups in total. The van der Waals surface area contributed by atoms with Gasteiger partial charge in [0.05, 0.1) is 10.2 Å². The van der Waals surface area contributed by atoms with Gasteiger partial charge in [0, 0.05) is 13.1 Å². The fraction of sp³-hybridized carbons (Fsp3) is 0.167. The van der Waals surface area contributed by atoms with E-state index in [2.05, 4.69) is 5.32 Å². The fourth-order valence-electron chi connectivity index (χ4n) is 2.45. The number of aromatic nitrogens is 1. The summed E-state index contributed by atoms with van der Waals surface area (Å²) >= 11 is 1.62. The second-order valence-electron chi connectivity index (χ2n) is 5.19. The lowest BCUT2D eigenvalue weighted by atomic mass is 10.2. The van der Waals surface area contributed by atoms with Crippen LogP contribution in [0.2, 0.25) is 0 Å². The molecule has 0 aliphatic heterocycles. The number of hydrogen-bond donors (Lipinski definition) is 1. The molecule has 0 aliphatic rings. The molecule has 0 radical (unpaired) electrons. The second-order valence-corrected chi connectivity index (χ2v) is 6.14. The Labute approximate surface area is 138 Å². The number of carbonyl (C=O) groups excluding carboxylic acids is 1. The highest BCUT2D eigenvalue weighted by atomic mass is 32.1. The molecule has 3 aromatic rings. The molecule has 118 valence electrons. The van der Waals surface area contributed by atoms with Crippen molar-refractivity contribution >= 4 is 27.5 Å². The summed E-state index contributed by atoms with van der Waals surface area (Å²) in [5.74, 6) is -0.400. The maximum Gasteiger partial charge on any atom is 0.268 e. The van der Waals surface area contributed by atoms with Gasteiger partial charge in [0.1, 0.15) is 11.5 Å². The molecular weight excluding hydrogens is 311 g/mol. The SMILES string of the molecule is C/C=C/Cn1c(C(=O)NCc2ccc(F)cc2)cc2sccc21. The van der Waals surface area contributed by atoms with Gasteiger partial charge in [-0.1, -0.05) is 24.3 Å². The second kappa shape index (κ2) is 6.79. The predicted octanol–water partition coefficient (Wildman–Crippen LogP) is 4.35. The van der Waals surface area contributed by atoms with Crippen molar-refractivity contribution in [2.24, 2.45) is 0 Å². The predicted molar refractivity (Wildman–Crippen MR) is 92.2 cm³/mol. The van der Waals surface area contributed by atoms with Crippen LogP contribution in [0.25, 0.3) is 10.2 Å². The minimum absolute atomic E-state index is 0.123. The molecule has 1 amide bonds. The number of halogens is 1. The van der Waals surface area contributed by atoms with Gasteiger partial charge >= 0.3 is 0 Å². The highest BCUT2D eigenvalue weighted by molar-refractivity contribution is 7.17. The summed E-state index contributed by atoms with van der Waals surface area (Å²) in [5.41, 5.74) is 2.58. The van der Waals surface area contributed by atoms with Crippen LogP contribution < -0.4 is 5.32 Å². The summed E-state index contributed by atoms with van der Waals surface area (Å²) in [6.45, 7) is 3.00. The van der Waals surface area contributed by atoms with Gasteiger partial charge in [0.25, 0.3) is 5.91 Å². The fourth-order valence-corrected chi connectivity index (χ4v) is 3.27. The summed E-state index contributed by atoms with van der Waals surface area (Å²) in [6.07, 6.45) is 3.99. The molecule has 0 fully saturated rings. The summed E-state index contributed by atoms with van der Waals surface area (Å²) in [7, 11) is 0. The van der Waals surface area contributed by atoms with E-state index in [0.717, 1.165) is 15.8 Å². The highest BCUT2D eigenvalue weighted by Crippen LogP contribution is 2.25. The first-order valence-electron chi connectivity index (χ1n) is 7.39. The van der Waals surface area contributed by atoms with E-state index in [0.29, 0.717) is 18.8 Å². The Morgan fingerprint density at radius 1 is 1.30 bits per heavy atom. The molecule has 0 atom stereocenters. The van der Waals surface area contributed by atoms with Crippen LogP contribution in [-0.2, 0) is 13.1 Å². The zero-order valence-corrected chi connectivity index (χ0v) is 13.6. The zero-order chi connectivity index (χ0) is 16.2. The Morgan fingerprint density at radius 3 is 2.83 bits per heavy atom. The number of carbonyl (C=O) groups is 1. The first-order chi connectivity index (χ1) is 11.2. The Kier molecular flexibility index (Phi) is 4.57. The van der Waals surface area contributed by atoms with Crippen LogP contribution in [0.1, 0.15) is 23.0 Å². The van der Waals surface area contributed by atoms with Gasteiger partial charge in [-0.25, -0.2) is 4.39 Å². The molecule has 3 nitrogen and oxygen atoms in total. The van der Waals surface area contributed by atoms with E-state index in [-0.39, 0.29) is 11.7 Å². The van der Waals surface area contributed by atoms with Crippen molar-refractivity contribution in [2.75, 3.05) is 0 Å². The van der Waals surface area contributed by atoms with E-state index < -0.39 is 0 Å². The Hall–Kier alpha value is -2.40. The van der Waals surface area contributed by atoms with Gasteiger partial charge in [-0.3, -0.25) is 4.79 Å². The van der Waals surface area contributed by atoms with E-state index in [1.165, 1.54) is 12.1 Å². The van der Waals surface area contributed by atoms with E-state index in [1.54, 1.807) is 23.5 Å². The van der Waals surface area contributed by atoms with Gasteiger partial charge in [0.2, 0.25) is 0 Å². The maximum atomic E-state index is 12.9. The van der Waals surface area contributed by atoms with Crippen LogP contribution in [-0.4, -0.2) is 10.5 Å². The first-order valence-corrected chi connectivity index (χ1v) is 8.27. The number of hydrogen-bond acceptors (Lipinski definition) is 2. The summed E-state index contributed by atoms with van der Waals surface area (Å²) in [4.78, 5) is 12.5. The number of amides is 1. The molecule has 0 bridgehead atoms. The molecule has 2 aromatic heterocycles. The third kappa shape index (κ3) is 3.35. The van der Waals surface area contributed by atoms with Gasteiger partial charge in [-0.2, -0.15) is 0 Å². The van der Waals surface area contributed by atoms with Crippen LogP contribution >= 0.6 is 11.3 Å². The lowest BCUT2D eigenvalue weighted by molar-refractivity contribution is 0.0942. The molecule has 0 spiro atoms. The monoisotopic (exact) mass is 328 g/mol. The number of allylic oxidation sites excluding steroid dienone is 2. The minimum Gasteiger partial charge on any atom is -0.347 e. The average molecular weight is 328 g/mol. The van der Waals surface area contributed by atoms with E-state index in [9.17, 15) is 9.18 Å². The van der Waals surface area contributed by atoms with Crippen LogP contribution in [0.15, 0.2) is 53.9 Å². The van der Waals surface area contributed by atoms with Gasteiger partial charge < -0.3 is 9.88 Å².